The maximum absolute atomic E-state index is 14.0. The van der Waals surface area contributed by atoms with Gasteiger partial charge in [-0.2, -0.15) is 0 Å². The van der Waals surface area contributed by atoms with Crippen molar-refractivity contribution < 1.29 is 13.2 Å². The number of hydrogen-bond acceptors (Lipinski definition) is 0. The van der Waals surface area contributed by atoms with Gasteiger partial charge < -0.3 is 0 Å². The predicted molar refractivity (Wildman–Crippen MR) is 63.8 cm³/mol. The summed E-state index contributed by atoms with van der Waals surface area (Å²) >= 11 is 0. The van der Waals surface area contributed by atoms with Crippen LogP contribution in [0.4, 0.5) is 13.2 Å². The monoisotopic (exact) mass is 242 g/mol. The summed E-state index contributed by atoms with van der Waals surface area (Å²) in [4.78, 5) is 0. The van der Waals surface area contributed by atoms with Gasteiger partial charge in [-0.3, -0.25) is 0 Å². The Labute approximate surface area is 100 Å². The lowest BCUT2D eigenvalue weighted by molar-refractivity contribution is 0.0139. The second-order valence-electron chi connectivity index (χ2n) is 4.25. The van der Waals surface area contributed by atoms with Crippen molar-refractivity contribution in [2.75, 3.05) is 0 Å². The fraction of sp³-hybridized carbons (Fsp3) is 0.429. The van der Waals surface area contributed by atoms with Crippen molar-refractivity contribution in [3.63, 3.8) is 0 Å². The second kappa shape index (κ2) is 5.39. The molecular formula is C14H17F3. The molecule has 0 radical (unpaired) electrons. The summed E-state index contributed by atoms with van der Waals surface area (Å²) in [6, 6.07) is 5.19. The number of halogens is 3. The van der Waals surface area contributed by atoms with Gasteiger partial charge in [0.15, 0.2) is 0 Å². The van der Waals surface area contributed by atoms with Crippen LogP contribution < -0.4 is 0 Å². The molecule has 0 aliphatic heterocycles. The van der Waals surface area contributed by atoms with Crippen molar-refractivity contribution in [3.05, 3.63) is 47.8 Å². The highest BCUT2D eigenvalue weighted by atomic mass is 19.3. The first kappa shape index (κ1) is 13.8. The van der Waals surface area contributed by atoms with Gasteiger partial charge in [0, 0.05) is 5.92 Å². The van der Waals surface area contributed by atoms with E-state index in [0.29, 0.717) is 18.4 Å². The third-order valence-corrected chi connectivity index (χ3v) is 2.94. The highest BCUT2D eigenvalue weighted by Crippen LogP contribution is 2.39. The van der Waals surface area contributed by atoms with Crippen LogP contribution in [-0.4, -0.2) is 5.92 Å². The van der Waals surface area contributed by atoms with Gasteiger partial charge in [-0.05, 0) is 29.7 Å². The third-order valence-electron chi connectivity index (χ3n) is 2.94. The first-order valence-electron chi connectivity index (χ1n) is 5.71. The molecule has 1 aromatic carbocycles. The zero-order valence-electron chi connectivity index (χ0n) is 10.1. The van der Waals surface area contributed by atoms with Crippen LogP contribution in [0.3, 0.4) is 0 Å². The van der Waals surface area contributed by atoms with E-state index in [4.69, 9.17) is 0 Å². The normalized spacial score (nSPS) is 13.5. The van der Waals surface area contributed by atoms with Gasteiger partial charge in [0.25, 0.3) is 5.92 Å². The van der Waals surface area contributed by atoms with E-state index in [2.05, 4.69) is 6.58 Å². The molecule has 0 saturated heterocycles. The zero-order valence-corrected chi connectivity index (χ0v) is 10.1. The molecule has 94 valence electrons. The van der Waals surface area contributed by atoms with Gasteiger partial charge in [0.2, 0.25) is 0 Å². The molecule has 0 spiro atoms. The fourth-order valence-corrected chi connectivity index (χ4v) is 1.74. The summed E-state index contributed by atoms with van der Waals surface area (Å²) in [6.45, 7) is 6.73. The summed E-state index contributed by atoms with van der Waals surface area (Å²) in [7, 11) is 0. The minimum atomic E-state index is -2.95. The predicted octanol–water partition coefficient (Wildman–Crippen LogP) is 4.92. The molecule has 1 rings (SSSR count). The van der Waals surface area contributed by atoms with E-state index in [-0.39, 0.29) is 5.57 Å². The Kier molecular flexibility index (Phi) is 4.38. The van der Waals surface area contributed by atoms with E-state index in [0.717, 1.165) is 0 Å². The SMILES string of the molecule is C=C(CCC)C(F)(F)C(C)c1ccc(F)cc1. The molecule has 0 heterocycles. The van der Waals surface area contributed by atoms with Crippen LogP contribution in [0, 0.1) is 5.82 Å². The van der Waals surface area contributed by atoms with Crippen LogP contribution in [0.5, 0.6) is 0 Å². The summed E-state index contributed by atoms with van der Waals surface area (Å²) in [5.74, 6) is -4.35. The lowest BCUT2D eigenvalue weighted by atomic mass is 9.88. The Bertz CT molecular complexity index is 379. The molecule has 0 amide bonds. The van der Waals surface area contributed by atoms with Gasteiger partial charge in [-0.1, -0.05) is 39.0 Å². The molecule has 0 aliphatic carbocycles. The van der Waals surface area contributed by atoms with Crippen LogP contribution in [0.15, 0.2) is 36.4 Å². The van der Waals surface area contributed by atoms with Crippen molar-refractivity contribution in [2.24, 2.45) is 0 Å². The molecule has 0 saturated carbocycles. The number of allylic oxidation sites excluding steroid dienone is 1. The molecule has 1 unspecified atom stereocenters. The molecule has 3 heteroatoms. The molecular weight excluding hydrogens is 225 g/mol. The maximum Gasteiger partial charge on any atom is 0.275 e. The van der Waals surface area contributed by atoms with E-state index in [1.165, 1.54) is 31.2 Å². The Morgan fingerprint density at radius 3 is 2.29 bits per heavy atom. The first-order valence-corrected chi connectivity index (χ1v) is 5.71. The Morgan fingerprint density at radius 2 is 1.82 bits per heavy atom. The lowest BCUT2D eigenvalue weighted by Gasteiger charge is -2.26. The van der Waals surface area contributed by atoms with Crippen molar-refractivity contribution in [3.8, 4) is 0 Å². The van der Waals surface area contributed by atoms with Gasteiger partial charge in [0.05, 0.1) is 0 Å². The lowest BCUT2D eigenvalue weighted by Crippen LogP contribution is -2.26. The molecule has 0 aromatic heterocycles. The fourth-order valence-electron chi connectivity index (χ4n) is 1.74. The van der Waals surface area contributed by atoms with Crippen LogP contribution >= 0.6 is 0 Å². The van der Waals surface area contributed by atoms with Crippen molar-refractivity contribution in [2.45, 2.75) is 38.5 Å². The summed E-state index contributed by atoms with van der Waals surface area (Å²) in [5.41, 5.74) is 0.366. The average Bonchev–Trinajstić information content (AvgIpc) is 2.29. The molecule has 0 N–H and O–H groups in total. The number of hydrogen-bond donors (Lipinski definition) is 0. The smallest absolute Gasteiger partial charge is 0.207 e. The van der Waals surface area contributed by atoms with Crippen LogP contribution in [0.25, 0.3) is 0 Å². The Morgan fingerprint density at radius 1 is 1.29 bits per heavy atom. The van der Waals surface area contributed by atoms with Gasteiger partial charge in [-0.25, -0.2) is 13.2 Å². The van der Waals surface area contributed by atoms with Crippen molar-refractivity contribution in [1.29, 1.82) is 0 Å². The van der Waals surface area contributed by atoms with E-state index in [9.17, 15) is 13.2 Å². The van der Waals surface area contributed by atoms with E-state index >= 15 is 0 Å². The Hall–Kier alpha value is -1.25. The van der Waals surface area contributed by atoms with Crippen molar-refractivity contribution in [1.82, 2.24) is 0 Å². The van der Waals surface area contributed by atoms with Gasteiger partial charge in [0.1, 0.15) is 5.82 Å². The topological polar surface area (TPSA) is 0 Å². The number of benzene rings is 1. The standard InChI is InChI=1S/C14H17F3/c1-4-5-10(2)14(16,17)11(3)12-6-8-13(15)9-7-12/h6-9,11H,2,4-5H2,1,3H3. The molecule has 17 heavy (non-hydrogen) atoms. The minimum absolute atomic E-state index is 0.0585. The molecule has 0 aliphatic rings. The summed E-state index contributed by atoms with van der Waals surface area (Å²) < 4.78 is 40.7. The highest BCUT2D eigenvalue weighted by Gasteiger charge is 2.39. The molecule has 1 atom stereocenters. The van der Waals surface area contributed by atoms with E-state index in [1.807, 2.05) is 6.92 Å². The Balaban J connectivity index is 2.91. The van der Waals surface area contributed by atoms with Gasteiger partial charge >= 0.3 is 0 Å². The molecule has 0 bridgehead atoms. The number of alkyl halides is 2. The molecule has 0 fully saturated rings. The van der Waals surface area contributed by atoms with Crippen LogP contribution in [-0.2, 0) is 0 Å². The quantitative estimate of drug-likeness (QED) is 0.643. The zero-order chi connectivity index (χ0) is 13.1. The first-order chi connectivity index (χ1) is 7.89. The molecule has 1 aromatic rings. The maximum atomic E-state index is 14.0. The summed E-state index contributed by atoms with van der Waals surface area (Å²) in [6.07, 6.45) is 0.948. The van der Waals surface area contributed by atoms with Crippen LogP contribution in [0.1, 0.15) is 38.2 Å². The summed E-state index contributed by atoms with van der Waals surface area (Å²) in [5, 5.41) is 0. The molecule has 0 nitrogen and oxygen atoms in total. The van der Waals surface area contributed by atoms with Crippen LogP contribution in [0.2, 0.25) is 0 Å². The third kappa shape index (κ3) is 3.11. The second-order valence-corrected chi connectivity index (χ2v) is 4.25. The highest BCUT2D eigenvalue weighted by molar-refractivity contribution is 5.26. The largest absolute Gasteiger partial charge is 0.275 e. The average molecular weight is 242 g/mol. The van der Waals surface area contributed by atoms with Crippen molar-refractivity contribution >= 4 is 0 Å². The minimum Gasteiger partial charge on any atom is -0.207 e. The van der Waals surface area contributed by atoms with Gasteiger partial charge in [-0.15, -0.1) is 0 Å². The van der Waals surface area contributed by atoms with E-state index < -0.39 is 17.7 Å². The van der Waals surface area contributed by atoms with E-state index in [1.54, 1.807) is 0 Å². The number of rotatable bonds is 5.